The molecule has 1 N–H and O–H groups in total. The topological polar surface area (TPSA) is 40.5 Å². The first kappa shape index (κ1) is 14.9. The summed E-state index contributed by atoms with van der Waals surface area (Å²) in [6, 6.07) is 2.79. The van der Waals surface area contributed by atoms with Gasteiger partial charge in [0.2, 0.25) is 0 Å². The average molecular weight is 283 g/mol. The number of benzene rings is 1. The van der Waals surface area contributed by atoms with E-state index in [-0.39, 0.29) is 11.6 Å². The molecule has 0 bridgehead atoms. The zero-order chi connectivity index (χ0) is 14.7. The first-order valence-corrected chi connectivity index (χ1v) is 6.93. The first-order valence-electron chi connectivity index (χ1n) is 6.93. The molecule has 1 heterocycles. The average Bonchev–Trinajstić information content (AvgIpc) is 2.41. The van der Waals surface area contributed by atoms with Gasteiger partial charge in [-0.2, -0.15) is 0 Å². The molecular formula is C15H19F2NO2. The summed E-state index contributed by atoms with van der Waals surface area (Å²) in [5.41, 5.74) is -0.234. The summed E-state index contributed by atoms with van der Waals surface area (Å²) in [6.07, 6.45) is 2.55. The Hall–Kier alpha value is -1.49. The molecule has 2 rings (SSSR count). The van der Waals surface area contributed by atoms with Crippen LogP contribution in [0.5, 0.6) is 0 Å². The van der Waals surface area contributed by atoms with Crippen molar-refractivity contribution in [1.29, 1.82) is 0 Å². The molecular weight excluding hydrogens is 264 g/mol. The highest BCUT2D eigenvalue weighted by molar-refractivity contribution is 5.94. The molecule has 0 aliphatic carbocycles. The largest absolute Gasteiger partial charge is 0.393 e. The van der Waals surface area contributed by atoms with Crippen LogP contribution in [0, 0.1) is 11.6 Å². The van der Waals surface area contributed by atoms with E-state index in [1.165, 1.54) is 0 Å². The van der Waals surface area contributed by atoms with Crippen LogP contribution in [0.25, 0.3) is 0 Å². The first-order chi connectivity index (χ1) is 9.49. The van der Waals surface area contributed by atoms with E-state index in [9.17, 15) is 18.7 Å². The van der Waals surface area contributed by atoms with Gasteiger partial charge in [-0.15, -0.1) is 0 Å². The maximum absolute atomic E-state index is 13.7. The molecule has 0 saturated carbocycles. The summed E-state index contributed by atoms with van der Waals surface area (Å²) < 4.78 is 26.9. The van der Waals surface area contributed by atoms with Gasteiger partial charge in [0.25, 0.3) is 5.91 Å². The maximum atomic E-state index is 13.7. The number of piperidine rings is 1. The van der Waals surface area contributed by atoms with Crippen LogP contribution in [0.4, 0.5) is 8.78 Å². The minimum Gasteiger partial charge on any atom is -0.393 e. The summed E-state index contributed by atoms with van der Waals surface area (Å²) in [6.45, 7) is 2.19. The predicted octanol–water partition coefficient (Wildman–Crippen LogP) is 2.73. The van der Waals surface area contributed by atoms with E-state index < -0.39 is 23.6 Å². The lowest BCUT2D eigenvalue weighted by atomic mass is 9.96. The molecule has 0 aromatic heterocycles. The van der Waals surface area contributed by atoms with Crippen molar-refractivity contribution in [3.05, 3.63) is 35.4 Å². The fraction of sp³-hybridized carbons (Fsp3) is 0.533. The summed E-state index contributed by atoms with van der Waals surface area (Å²) in [7, 11) is 0. The Balaban J connectivity index is 2.23. The third-order valence-corrected chi connectivity index (χ3v) is 3.66. The van der Waals surface area contributed by atoms with Crippen LogP contribution in [0.1, 0.15) is 43.0 Å². The quantitative estimate of drug-likeness (QED) is 0.926. The molecule has 2 atom stereocenters. The van der Waals surface area contributed by atoms with E-state index in [2.05, 4.69) is 0 Å². The third kappa shape index (κ3) is 3.33. The number of hydrogen-bond acceptors (Lipinski definition) is 2. The summed E-state index contributed by atoms with van der Waals surface area (Å²) in [4.78, 5) is 14.0. The number of aliphatic hydroxyl groups is 1. The number of likely N-dealkylation sites (tertiary alicyclic amines) is 1. The Kier molecular flexibility index (Phi) is 4.70. The summed E-state index contributed by atoms with van der Waals surface area (Å²) >= 11 is 0. The van der Waals surface area contributed by atoms with Crippen molar-refractivity contribution < 1.29 is 18.7 Å². The van der Waals surface area contributed by atoms with Crippen LogP contribution >= 0.6 is 0 Å². The van der Waals surface area contributed by atoms with Gasteiger partial charge in [-0.3, -0.25) is 4.79 Å². The van der Waals surface area contributed by atoms with Crippen molar-refractivity contribution in [3.8, 4) is 0 Å². The zero-order valence-corrected chi connectivity index (χ0v) is 11.5. The normalized spacial score (nSPS) is 20.8. The zero-order valence-electron chi connectivity index (χ0n) is 11.5. The van der Waals surface area contributed by atoms with Crippen LogP contribution in [-0.2, 0) is 0 Å². The molecule has 1 amide bonds. The smallest absolute Gasteiger partial charge is 0.257 e. The molecule has 3 nitrogen and oxygen atoms in total. The van der Waals surface area contributed by atoms with Gasteiger partial charge in [-0.1, -0.05) is 0 Å². The minimum atomic E-state index is -0.710. The molecule has 5 heteroatoms. The highest BCUT2D eigenvalue weighted by atomic mass is 19.1. The fourth-order valence-corrected chi connectivity index (χ4v) is 2.72. The molecule has 1 aliphatic rings. The van der Waals surface area contributed by atoms with Crippen molar-refractivity contribution >= 4 is 5.91 Å². The number of nitrogens with zero attached hydrogens (tertiary/aromatic N) is 1. The van der Waals surface area contributed by atoms with Gasteiger partial charge in [0.1, 0.15) is 11.6 Å². The Morgan fingerprint density at radius 3 is 2.90 bits per heavy atom. The minimum absolute atomic E-state index is 0.112. The van der Waals surface area contributed by atoms with Crippen LogP contribution < -0.4 is 0 Å². The van der Waals surface area contributed by atoms with Gasteiger partial charge in [-0.25, -0.2) is 8.78 Å². The van der Waals surface area contributed by atoms with E-state index in [0.717, 1.165) is 37.5 Å². The lowest BCUT2D eigenvalue weighted by Crippen LogP contribution is -2.45. The molecule has 2 unspecified atom stereocenters. The second-order valence-electron chi connectivity index (χ2n) is 5.36. The number of rotatable bonds is 3. The Morgan fingerprint density at radius 2 is 2.20 bits per heavy atom. The standard InChI is InChI=1S/C15H19F2NO2/c1-10(19)8-12-4-2-3-7-18(12)15(20)13-9-11(16)5-6-14(13)17/h5-6,9-10,12,19H,2-4,7-8H2,1H3. The number of carbonyl (C=O) groups is 1. The number of halogens is 2. The SMILES string of the molecule is CC(O)CC1CCCCN1C(=O)c1cc(F)ccc1F. The van der Waals surface area contributed by atoms with Crippen molar-refractivity contribution in [1.82, 2.24) is 4.90 Å². The van der Waals surface area contributed by atoms with Crippen LogP contribution in [0.3, 0.4) is 0 Å². The number of hydrogen-bond donors (Lipinski definition) is 1. The van der Waals surface area contributed by atoms with Crippen LogP contribution in [0.15, 0.2) is 18.2 Å². The third-order valence-electron chi connectivity index (χ3n) is 3.66. The Labute approximate surface area is 117 Å². The lowest BCUT2D eigenvalue weighted by molar-refractivity contribution is 0.0510. The van der Waals surface area contributed by atoms with Gasteiger partial charge in [0.05, 0.1) is 11.7 Å². The fourth-order valence-electron chi connectivity index (χ4n) is 2.72. The molecule has 20 heavy (non-hydrogen) atoms. The summed E-state index contributed by atoms with van der Waals surface area (Å²) in [5, 5.41) is 9.50. The highest BCUT2D eigenvalue weighted by Gasteiger charge is 2.29. The predicted molar refractivity (Wildman–Crippen MR) is 71.3 cm³/mol. The van der Waals surface area contributed by atoms with Crippen LogP contribution in [0.2, 0.25) is 0 Å². The van der Waals surface area contributed by atoms with E-state index in [1.807, 2.05) is 0 Å². The van der Waals surface area contributed by atoms with Gasteiger partial charge < -0.3 is 10.0 Å². The molecule has 1 aromatic rings. The van der Waals surface area contributed by atoms with Crippen LogP contribution in [-0.4, -0.2) is 34.6 Å². The lowest BCUT2D eigenvalue weighted by Gasteiger charge is -2.36. The molecule has 1 aliphatic heterocycles. The van der Waals surface area contributed by atoms with Gasteiger partial charge in [0.15, 0.2) is 0 Å². The van der Waals surface area contributed by atoms with E-state index in [4.69, 9.17) is 0 Å². The molecule has 110 valence electrons. The molecule has 1 aromatic carbocycles. The molecule has 0 spiro atoms. The molecule has 1 fully saturated rings. The van der Waals surface area contributed by atoms with Gasteiger partial charge in [0, 0.05) is 12.6 Å². The second kappa shape index (κ2) is 6.31. The van der Waals surface area contributed by atoms with E-state index in [1.54, 1.807) is 11.8 Å². The number of amides is 1. The second-order valence-corrected chi connectivity index (χ2v) is 5.36. The van der Waals surface area contributed by atoms with Crippen molar-refractivity contribution in [2.24, 2.45) is 0 Å². The van der Waals surface area contributed by atoms with Crippen molar-refractivity contribution in [3.63, 3.8) is 0 Å². The van der Waals surface area contributed by atoms with Crippen molar-refractivity contribution in [2.75, 3.05) is 6.54 Å². The molecule has 0 radical (unpaired) electrons. The van der Waals surface area contributed by atoms with E-state index in [0.29, 0.717) is 13.0 Å². The Bertz CT molecular complexity index is 491. The van der Waals surface area contributed by atoms with Gasteiger partial charge >= 0.3 is 0 Å². The number of carbonyl (C=O) groups excluding carboxylic acids is 1. The number of aliphatic hydroxyl groups excluding tert-OH is 1. The summed E-state index contributed by atoms with van der Waals surface area (Å²) in [5.74, 6) is -1.83. The van der Waals surface area contributed by atoms with Gasteiger partial charge in [-0.05, 0) is 50.8 Å². The highest BCUT2D eigenvalue weighted by Crippen LogP contribution is 2.24. The van der Waals surface area contributed by atoms with E-state index >= 15 is 0 Å². The van der Waals surface area contributed by atoms with Crippen molar-refractivity contribution in [2.45, 2.75) is 44.8 Å². The monoisotopic (exact) mass is 283 g/mol. The maximum Gasteiger partial charge on any atom is 0.257 e. The molecule has 1 saturated heterocycles. The Morgan fingerprint density at radius 1 is 1.45 bits per heavy atom.